The summed E-state index contributed by atoms with van der Waals surface area (Å²) < 4.78 is 10.5. The van der Waals surface area contributed by atoms with Gasteiger partial charge in [0.15, 0.2) is 11.6 Å². The fourth-order valence-electron chi connectivity index (χ4n) is 2.46. The average molecular weight is 340 g/mol. The third-order valence-electron chi connectivity index (χ3n) is 3.75. The minimum Gasteiger partial charge on any atom is -0.487 e. The lowest BCUT2D eigenvalue weighted by Gasteiger charge is -2.15. The Hall–Kier alpha value is -2.95. The van der Waals surface area contributed by atoms with Gasteiger partial charge in [0.25, 0.3) is 0 Å². The zero-order valence-electron chi connectivity index (χ0n) is 14.7. The predicted octanol–water partition coefficient (Wildman–Crippen LogP) is 3.77. The summed E-state index contributed by atoms with van der Waals surface area (Å²) in [4.78, 5) is 35.3. The van der Waals surface area contributed by atoms with E-state index in [0.29, 0.717) is 22.4 Å². The molecule has 0 aliphatic carbocycles. The van der Waals surface area contributed by atoms with E-state index in [2.05, 4.69) is 4.74 Å². The summed E-state index contributed by atoms with van der Waals surface area (Å²) in [6.07, 6.45) is 0. The van der Waals surface area contributed by atoms with Gasteiger partial charge in [-0.1, -0.05) is 12.1 Å². The number of hydrogen-bond acceptors (Lipinski definition) is 5. The van der Waals surface area contributed by atoms with Crippen LogP contribution in [0.5, 0.6) is 5.75 Å². The molecule has 0 spiro atoms. The number of aryl methyl sites for hydroxylation is 1. The molecule has 2 aromatic carbocycles. The fourth-order valence-corrected chi connectivity index (χ4v) is 2.46. The molecule has 0 aromatic heterocycles. The molecule has 0 saturated carbocycles. The normalized spacial score (nSPS) is 10.2. The van der Waals surface area contributed by atoms with Crippen molar-refractivity contribution in [2.75, 3.05) is 7.11 Å². The molecule has 0 radical (unpaired) electrons. The number of hydrogen-bond donors (Lipinski definition) is 0. The molecule has 2 rings (SSSR count). The SMILES string of the molecule is COC(=O)c1ccc(COc2c(C(C)=O)cc(C)cc2C(C)=O)cc1. The van der Waals surface area contributed by atoms with E-state index in [4.69, 9.17) is 4.74 Å². The van der Waals surface area contributed by atoms with Crippen molar-refractivity contribution in [2.45, 2.75) is 27.4 Å². The lowest BCUT2D eigenvalue weighted by molar-refractivity contribution is 0.0600. The molecule has 5 heteroatoms. The quantitative estimate of drug-likeness (QED) is 0.591. The average Bonchev–Trinajstić information content (AvgIpc) is 2.59. The van der Waals surface area contributed by atoms with Crippen molar-refractivity contribution < 1.29 is 23.9 Å². The lowest BCUT2D eigenvalue weighted by Crippen LogP contribution is -2.08. The van der Waals surface area contributed by atoms with Crippen LogP contribution in [0, 0.1) is 6.92 Å². The Labute approximate surface area is 146 Å². The number of ketones is 2. The lowest BCUT2D eigenvalue weighted by atomic mass is 10.00. The molecule has 0 amide bonds. The Morgan fingerprint density at radius 2 is 1.44 bits per heavy atom. The van der Waals surface area contributed by atoms with Crippen LogP contribution in [0.3, 0.4) is 0 Å². The van der Waals surface area contributed by atoms with Gasteiger partial charge < -0.3 is 9.47 Å². The van der Waals surface area contributed by atoms with Crippen LogP contribution in [-0.4, -0.2) is 24.6 Å². The van der Waals surface area contributed by atoms with Gasteiger partial charge in [-0.15, -0.1) is 0 Å². The highest BCUT2D eigenvalue weighted by Gasteiger charge is 2.18. The minimum absolute atomic E-state index is 0.165. The van der Waals surface area contributed by atoms with Crippen molar-refractivity contribution in [3.63, 3.8) is 0 Å². The highest BCUT2D eigenvalue weighted by molar-refractivity contribution is 6.04. The first-order valence-electron chi connectivity index (χ1n) is 7.80. The van der Waals surface area contributed by atoms with Crippen LogP contribution < -0.4 is 4.74 Å². The predicted molar refractivity (Wildman–Crippen MR) is 93.3 cm³/mol. The van der Waals surface area contributed by atoms with E-state index in [-0.39, 0.29) is 18.2 Å². The molecule has 0 aliphatic rings. The highest BCUT2D eigenvalue weighted by atomic mass is 16.5. The van der Waals surface area contributed by atoms with Crippen molar-refractivity contribution in [3.05, 3.63) is 64.2 Å². The van der Waals surface area contributed by atoms with E-state index < -0.39 is 5.97 Å². The van der Waals surface area contributed by atoms with Crippen molar-refractivity contribution in [1.82, 2.24) is 0 Å². The molecule has 5 nitrogen and oxygen atoms in total. The van der Waals surface area contributed by atoms with Crippen molar-refractivity contribution in [1.29, 1.82) is 0 Å². The summed E-state index contributed by atoms with van der Waals surface area (Å²) in [7, 11) is 1.32. The smallest absolute Gasteiger partial charge is 0.337 e. The van der Waals surface area contributed by atoms with Gasteiger partial charge in [-0.2, -0.15) is 0 Å². The third-order valence-corrected chi connectivity index (χ3v) is 3.75. The van der Waals surface area contributed by atoms with Crippen LogP contribution >= 0.6 is 0 Å². The first-order valence-corrected chi connectivity index (χ1v) is 7.80. The van der Waals surface area contributed by atoms with E-state index in [1.54, 1.807) is 36.4 Å². The molecule has 0 saturated heterocycles. The maximum atomic E-state index is 11.9. The molecule has 0 aliphatic heterocycles. The highest BCUT2D eigenvalue weighted by Crippen LogP contribution is 2.28. The van der Waals surface area contributed by atoms with Gasteiger partial charge in [-0.05, 0) is 56.2 Å². The van der Waals surface area contributed by atoms with Gasteiger partial charge in [0.05, 0.1) is 23.8 Å². The topological polar surface area (TPSA) is 69.7 Å². The number of carbonyl (C=O) groups excluding carboxylic acids is 3. The van der Waals surface area contributed by atoms with Crippen LogP contribution in [0.2, 0.25) is 0 Å². The maximum Gasteiger partial charge on any atom is 0.337 e. The Kier molecular flexibility index (Phi) is 5.70. The van der Waals surface area contributed by atoms with Crippen LogP contribution in [0.4, 0.5) is 0 Å². The third kappa shape index (κ3) is 4.32. The number of benzene rings is 2. The van der Waals surface area contributed by atoms with Crippen molar-refractivity contribution in [3.8, 4) is 5.75 Å². The summed E-state index contributed by atoms with van der Waals surface area (Å²) in [5.41, 5.74) is 2.84. The van der Waals surface area contributed by atoms with Gasteiger partial charge in [-0.25, -0.2) is 4.79 Å². The number of methoxy groups -OCH3 is 1. The van der Waals surface area contributed by atoms with Gasteiger partial charge in [0.2, 0.25) is 0 Å². The standard InChI is InChI=1S/C20H20O5/c1-12-9-17(13(2)21)19(18(10-12)14(3)22)25-11-15-5-7-16(8-6-15)20(23)24-4/h5-10H,11H2,1-4H3. The summed E-state index contributed by atoms with van der Waals surface area (Å²) >= 11 is 0. The van der Waals surface area contributed by atoms with E-state index in [9.17, 15) is 14.4 Å². The molecule has 0 heterocycles. The van der Waals surface area contributed by atoms with Gasteiger partial charge >= 0.3 is 5.97 Å². The summed E-state index contributed by atoms with van der Waals surface area (Å²) in [6.45, 7) is 4.88. The van der Waals surface area contributed by atoms with Gasteiger partial charge in [-0.3, -0.25) is 9.59 Å². The molecule has 0 fully saturated rings. The molecule has 0 atom stereocenters. The molecule has 25 heavy (non-hydrogen) atoms. The zero-order chi connectivity index (χ0) is 18.6. The Morgan fingerprint density at radius 3 is 1.88 bits per heavy atom. The number of ether oxygens (including phenoxy) is 2. The van der Waals surface area contributed by atoms with Gasteiger partial charge in [0, 0.05) is 0 Å². The van der Waals surface area contributed by atoms with Crippen molar-refractivity contribution in [2.24, 2.45) is 0 Å². The molecule has 130 valence electrons. The molecule has 0 N–H and O–H groups in total. The largest absolute Gasteiger partial charge is 0.487 e. The molecule has 0 unspecified atom stereocenters. The van der Waals surface area contributed by atoms with Crippen molar-refractivity contribution >= 4 is 17.5 Å². The zero-order valence-corrected chi connectivity index (χ0v) is 14.7. The summed E-state index contributed by atoms with van der Waals surface area (Å²) in [6, 6.07) is 10.2. The van der Waals surface area contributed by atoms with E-state index >= 15 is 0 Å². The monoisotopic (exact) mass is 340 g/mol. The Morgan fingerprint density at radius 1 is 0.920 bits per heavy atom. The first kappa shape index (κ1) is 18.4. The second-order valence-electron chi connectivity index (χ2n) is 5.78. The Bertz CT molecular complexity index is 783. The summed E-state index contributed by atoms with van der Waals surface area (Å²) in [5.74, 6) is -0.448. The van der Waals surface area contributed by atoms with Gasteiger partial charge in [0.1, 0.15) is 12.4 Å². The van der Waals surface area contributed by atoms with E-state index in [1.807, 2.05) is 6.92 Å². The number of esters is 1. The maximum absolute atomic E-state index is 11.9. The number of Topliss-reactive ketones (excluding diaryl/α,β-unsaturated/α-hetero) is 2. The second-order valence-corrected chi connectivity index (χ2v) is 5.78. The number of carbonyl (C=O) groups is 3. The molecule has 0 bridgehead atoms. The molecular weight excluding hydrogens is 320 g/mol. The van der Waals surface area contributed by atoms with E-state index in [1.165, 1.54) is 21.0 Å². The summed E-state index contributed by atoms with van der Waals surface area (Å²) in [5, 5.41) is 0. The molecular formula is C20H20O5. The van der Waals surface area contributed by atoms with Crippen LogP contribution in [0.1, 0.15) is 56.0 Å². The van der Waals surface area contributed by atoms with Crippen LogP contribution in [-0.2, 0) is 11.3 Å². The van der Waals surface area contributed by atoms with E-state index in [0.717, 1.165) is 11.1 Å². The fraction of sp³-hybridized carbons (Fsp3) is 0.250. The Balaban J connectivity index is 2.29. The number of rotatable bonds is 6. The first-order chi connectivity index (χ1) is 11.8. The minimum atomic E-state index is -0.413. The van der Waals surface area contributed by atoms with Crippen LogP contribution in [0.25, 0.3) is 0 Å². The van der Waals surface area contributed by atoms with Crippen LogP contribution in [0.15, 0.2) is 36.4 Å². The molecule has 2 aromatic rings. The second kappa shape index (κ2) is 7.75.